The van der Waals surface area contributed by atoms with Crippen molar-refractivity contribution in [3.05, 3.63) is 48.5 Å². The van der Waals surface area contributed by atoms with Gasteiger partial charge in [0.05, 0.1) is 6.33 Å². The number of piperidine rings is 1. The van der Waals surface area contributed by atoms with Crippen molar-refractivity contribution >= 4 is 0 Å². The van der Waals surface area contributed by atoms with E-state index in [0.717, 1.165) is 18.2 Å². The van der Waals surface area contributed by atoms with Crippen LogP contribution < -0.4 is 5.32 Å². The summed E-state index contributed by atoms with van der Waals surface area (Å²) in [5, 5.41) is 3.49. The molecule has 1 aromatic carbocycles. The Hall–Kier alpha value is -1.65. The zero-order valence-corrected chi connectivity index (χ0v) is 12.7. The van der Waals surface area contributed by atoms with Crippen molar-refractivity contribution in [2.75, 3.05) is 26.7 Å². The fraction of sp³-hybridized carbons (Fsp3) is 0.471. The highest BCUT2D eigenvalue weighted by Gasteiger charge is 2.14. The second-order valence-corrected chi connectivity index (χ2v) is 6.05. The molecule has 1 aliphatic rings. The quantitative estimate of drug-likeness (QED) is 0.914. The highest BCUT2D eigenvalue weighted by Crippen LogP contribution is 2.14. The molecule has 112 valence electrons. The Morgan fingerprint density at radius 1 is 1.33 bits per heavy atom. The van der Waals surface area contributed by atoms with Crippen LogP contribution in [0, 0.1) is 5.92 Å². The van der Waals surface area contributed by atoms with Gasteiger partial charge in [-0.25, -0.2) is 4.98 Å². The lowest BCUT2D eigenvalue weighted by Crippen LogP contribution is -2.36. The highest BCUT2D eigenvalue weighted by molar-refractivity contribution is 5.34. The number of nitrogens with one attached hydrogen (secondary N) is 1. The van der Waals surface area contributed by atoms with Gasteiger partial charge in [0.1, 0.15) is 0 Å². The first kappa shape index (κ1) is 14.3. The van der Waals surface area contributed by atoms with E-state index >= 15 is 0 Å². The largest absolute Gasteiger partial charge is 0.316 e. The lowest BCUT2D eigenvalue weighted by atomic mass is 9.99. The van der Waals surface area contributed by atoms with Crippen molar-refractivity contribution in [2.45, 2.75) is 19.4 Å². The number of hydrogen-bond donors (Lipinski definition) is 1. The molecule has 1 atom stereocenters. The van der Waals surface area contributed by atoms with E-state index in [-0.39, 0.29) is 0 Å². The summed E-state index contributed by atoms with van der Waals surface area (Å²) in [4.78, 5) is 6.52. The average Bonchev–Trinajstić information content (AvgIpc) is 3.03. The summed E-state index contributed by atoms with van der Waals surface area (Å²) in [6, 6.07) is 8.75. The van der Waals surface area contributed by atoms with Gasteiger partial charge in [-0.3, -0.25) is 0 Å². The van der Waals surface area contributed by atoms with Crippen LogP contribution in [0.15, 0.2) is 43.0 Å². The highest BCUT2D eigenvalue weighted by atomic mass is 15.1. The van der Waals surface area contributed by atoms with E-state index in [1.54, 1.807) is 6.20 Å². The van der Waals surface area contributed by atoms with Crippen molar-refractivity contribution < 1.29 is 0 Å². The molecule has 3 rings (SSSR count). The molecule has 0 aliphatic carbocycles. The Morgan fingerprint density at radius 3 is 2.86 bits per heavy atom. The summed E-state index contributed by atoms with van der Waals surface area (Å²) in [7, 11) is 2.22. The SMILES string of the molecule is CN(Cc1ccc(-n2ccnc2)cc1)CC1CCCNC1. The van der Waals surface area contributed by atoms with Gasteiger partial charge in [0.15, 0.2) is 0 Å². The Balaban J connectivity index is 1.54. The summed E-state index contributed by atoms with van der Waals surface area (Å²) in [6.07, 6.45) is 8.28. The van der Waals surface area contributed by atoms with Crippen LogP contribution in [0.3, 0.4) is 0 Å². The molecule has 0 spiro atoms. The molecular formula is C17H24N4. The first-order chi connectivity index (χ1) is 10.3. The van der Waals surface area contributed by atoms with Gasteiger partial charge in [-0.05, 0) is 56.6 Å². The minimum absolute atomic E-state index is 0.800. The lowest BCUT2D eigenvalue weighted by molar-refractivity contribution is 0.237. The van der Waals surface area contributed by atoms with Gasteiger partial charge in [-0.1, -0.05) is 12.1 Å². The van der Waals surface area contributed by atoms with Crippen molar-refractivity contribution in [3.8, 4) is 5.69 Å². The summed E-state index contributed by atoms with van der Waals surface area (Å²) in [6.45, 7) is 4.55. The Bertz CT molecular complexity index is 526. The van der Waals surface area contributed by atoms with E-state index in [9.17, 15) is 0 Å². The average molecular weight is 284 g/mol. The van der Waals surface area contributed by atoms with Crippen LogP contribution in [0.2, 0.25) is 0 Å². The third-order valence-electron chi connectivity index (χ3n) is 4.16. The fourth-order valence-corrected chi connectivity index (χ4v) is 3.08. The molecule has 1 unspecified atom stereocenters. The lowest BCUT2D eigenvalue weighted by Gasteiger charge is -2.27. The van der Waals surface area contributed by atoms with Gasteiger partial charge < -0.3 is 14.8 Å². The van der Waals surface area contributed by atoms with Crippen molar-refractivity contribution in [1.29, 1.82) is 0 Å². The second kappa shape index (κ2) is 6.87. The summed E-state index contributed by atoms with van der Waals surface area (Å²) >= 11 is 0. The standard InChI is InChI=1S/C17H24N4/c1-20(13-16-3-2-8-18-11-16)12-15-4-6-17(7-5-15)21-10-9-19-14-21/h4-7,9-10,14,16,18H,2-3,8,11-13H2,1H3. The molecule has 21 heavy (non-hydrogen) atoms. The first-order valence-corrected chi connectivity index (χ1v) is 7.78. The smallest absolute Gasteiger partial charge is 0.0991 e. The minimum atomic E-state index is 0.800. The summed E-state index contributed by atoms with van der Waals surface area (Å²) in [5.41, 5.74) is 2.53. The van der Waals surface area contributed by atoms with Gasteiger partial charge in [0.25, 0.3) is 0 Å². The molecule has 0 radical (unpaired) electrons. The number of nitrogens with zero attached hydrogens (tertiary/aromatic N) is 3. The maximum Gasteiger partial charge on any atom is 0.0991 e. The maximum absolute atomic E-state index is 4.08. The molecule has 1 N–H and O–H groups in total. The molecule has 4 heteroatoms. The molecule has 2 aromatic rings. The van der Waals surface area contributed by atoms with Gasteiger partial charge in [-0.15, -0.1) is 0 Å². The first-order valence-electron chi connectivity index (χ1n) is 7.78. The fourth-order valence-electron chi connectivity index (χ4n) is 3.08. The molecule has 1 fully saturated rings. The zero-order chi connectivity index (χ0) is 14.5. The van der Waals surface area contributed by atoms with E-state index in [2.05, 4.69) is 46.5 Å². The molecule has 1 aromatic heterocycles. The number of rotatable bonds is 5. The molecule has 1 aliphatic heterocycles. The van der Waals surface area contributed by atoms with Crippen LogP contribution in [0.5, 0.6) is 0 Å². The number of aromatic nitrogens is 2. The minimum Gasteiger partial charge on any atom is -0.316 e. The number of hydrogen-bond acceptors (Lipinski definition) is 3. The van der Waals surface area contributed by atoms with E-state index < -0.39 is 0 Å². The summed E-state index contributed by atoms with van der Waals surface area (Å²) < 4.78 is 2.03. The molecule has 4 nitrogen and oxygen atoms in total. The molecule has 0 saturated carbocycles. The van der Waals surface area contributed by atoms with E-state index in [0.29, 0.717) is 0 Å². The van der Waals surface area contributed by atoms with Gasteiger partial charge in [0.2, 0.25) is 0 Å². The molecule has 2 heterocycles. The predicted molar refractivity (Wildman–Crippen MR) is 85.5 cm³/mol. The molecule has 0 amide bonds. The topological polar surface area (TPSA) is 33.1 Å². The Labute approximate surface area is 126 Å². The van der Waals surface area contributed by atoms with Crippen LogP contribution in [0.25, 0.3) is 5.69 Å². The van der Waals surface area contributed by atoms with E-state index in [1.165, 1.54) is 38.0 Å². The monoisotopic (exact) mass is 284 g/mol. The molecule has 1 saturated heterocycles. The second-order valence-electron chi connectivity index (χ2n) is 6.05. The maximum atomic E-state index is 4.08. The van der Waals surface area contributed by atoms with Crippen LogP contribution >= 0.6 is 0 Å². The van der Waals surface area contributed by atoms with Crippen molar-refractivity contribution in [3.63, 3.8) is 0 Å². The predicted octanol–water partition coefficient (Wildman–Crippen LogP) is 2.30. The summed E-state index contributed by atoms with van der Waals surface area (Å²) in [5.74, 6) is 0.800. The van der Waals surface area contributed by atoms with Crippen molar-refractivity contribution in [2.24, 2.45) is 5.92 Å². The Kier molecular flexibility index (Phi) is 4.68. The van der Waals surface area contributed by atoms with Crippen LogP contribution in [-0.2, 0) is 6.54 Å². The van der Waals surface area contributed by atoms with Crippen LogP contribution in [-0.4, -0.2) is 41.1 Å². The van der Waals surface area contributed by atoms with E-state index in [4.69, 9.17) is 0 Å². The number of benzene rings is 1. The van der Waals surface area contributed by atoms with Gasteiger partial charge in [0, 0.05) is 31.2 Å². The Morgan fingerprint density at radius 2 is 2.19 bits per heavy atom. The molecule has 0 bridgehead atoms. The van der Waals surface area contributed by atoms with Crippen LogP contribution in [0.1, 0.15) is 18.4 Å². The van der Waals surface area contributed by atoms with Gasteiger partial charge >= 0.3 is 0 Å². The zero-order valence-electron chi connectivity index (χ0n) is 12.7. The number of imidazole rings is 1. The normalized spacial score (nSPS) is 19.0. The van der Waals surface area contributed by atoms with E-state index in [1.807, 2.05) is 17.1 Å². The van der Waals surface area contributed by atoms with Crippen molar-refractivity contribution in [1.82, 2.24) is 19.8 Å². The third-order valence-corrected chi connectivity index (χ3v) is 4.16. The third kappa shape index (κ3) is 3.93. The molecular weight excluding hydrogens is 260 g/mol. The van der Waals surface area contributed by atoms with Crippen LogP contribution in [0.4, 0.5) is 0 Å². The van der Waals surface area contributed by atoms with Gasteiger partial charge in [-0.2, -0.15) is 0 Å².